The molecule has 1 fully saturated rings. The molecular formula is C15H28N2O5S. The zero-order valence-corrected chi connectivity index (χ0v) is 15.2. The summed E-state index contributed by atoms with van der Waals surface area (Å²) in [6.45, 7) is 4.89. The van der Waals surface area contributed by atoms with E-state index in [1.165, 1.54) is 11.4 Å². The monoisotopic (exact) mass is 348 g/mol. The minimum atomic E-state index is -3.28. The molecule has 23 heavy (non-hydrogen) atoms. The van der Waals surface area contributed by atoms with Crippen LogP contribution in [0.1, 0.15) is 33.1 Å². The van der Waals surface area contributed by atoms with Crippen molar-refractivity contribution in [1.82, 2.24) is 9.62 Å². The molecule has 0 aromatic rings. The van der Waals surface area contributed by atoms with Crippen LogP contribution in [0.5, 0.6) is 0 Å². The number of hydrogen-bond acceptors (Lipinski definition) is 5. The molecule has 0 aromatic carbocycles. The van der Waals surface area contributed by atoms with Gasteiger partial charge in [0.1, 0.15) is 0 Å². The molecule has 1 saturated heterocycles. The number of amides is 1. The number of carbonyl (C=O) groups is 2. The lowest BCUT2D eigenvalue weighted by atomic mass is 9.95. The van der Waals surface area contributed by atoms with Crippen molar-refractivity contribution in [1.29, 1.82) is 0 Å². The summed E-state index contributed by atoms with van der Waals surface area (Å²) in [5.74, 6) is -0.961. The van der Waals surface area contributed by atoms with E-state index in [0.717, 1.165) is 6.26 Å². The lowest BCUT2D eigenvalue weighted by Crippen LogP contribution is -2.46. The van der Waals surface area contributed by atoms with Gasteiger partial charge in [-0.05, 0) is 25.2 Å². The molecule has 1 amide bonds. The van der Waals surface area contributed by atoms with Crippen molar-refractivity contribution in [3.8, 4) is 0 Å². The van der Waals surface area contributed by atoms with Crippen molar-refractivity contribution in [3.05, 3.63) is 0 Å². The van der Waals surface area contributed by atoms with Gasteiger partial charge < -0.3 is 10.1 Å². The van der Waals surface area contributed by atoms with Crippen molar-refractivity contribution in [2.45, 2.75) is 33.1 Å². The molecule has 0 unspecified atom stereocenters. The number of nitrogens with zero attached hydrogens (tertiary/aromatic N) is 1. The second-order valence-corrected chi connectivity index (χ2v) is 8.54. The minimum absolute atomic E-state index is 0.198. The quantitative estimate of drug-likeness (QED) is 0.681. The van der Waals surface area contributed by atoms with Crippen LogP contribution in [-0.4, -0.2) is 57.6 Å². The van der Waals surface area contributed by atoms with Gasteiger partial charge in [-0.3, -0.25) is 9.59 Å². The first-order valence-corrected chi connectivity index (χ1v) is 9.80. The highest BCUT2D eigenvalue weighted by Gasteiger charge is 2.31. The van der Waals surface area contributed by atoms with Crippen LogP contribution in [0.4, 0.5) is 0 Å². The summed E-state index contributed by atoms with van der Waals surface area (Å²) in [7, 11) is -1.94. The van der Waals surface area contributed by atoms with E-state index in [9.17, 15) is 18.0 Å². The lowest BCUT2D eigenvalue weighted by Gasteiger charge is -2.30. The van der Waals surface area contributed by atoms with Gasteiger partial charge in [-0.15, -0.1) is 0 Å². The summed E-state index contributed by atoms with van der Waals surface area (Å²) in [5, 5.41) is 2.78. The number of carbonyl (C=O) groups excluding carboxylic acids is 2. The second-order valence-electron chi connectivity index (χ2n) is 6.55. The van der Waals surface area contributed by atoms with Crippen LogP contribution >= 0.6 is 0 Å². The molecule has 8 heteroatoms. The van der Waals surface area contributed by atoms with Crippen molar-refractivity contribution >= 4 is 21.9 Å². The fourth-order valence-corrected chi connectivity index (χ4v) is 3.74. The largest absolute Gasteiger partial charge is 0.469 e. The number of nitrogens with one attached hydrogen (secondary N) is 1. The normalized spacial score (nSPS) is 21.0. The minimum Gasteiger partial charge on any atom is -0.469 e. The van der Waals surface area contributed by atoms with Crippen molar-refractivity contribution in [3.63, 3.8) is 0 Å². The van der Waals surface area contributed by atoms with E-state index >= 15 is 0 Å². The average molecular weight is 348 g/mol. The Morgan fingerprint density at radius 3 is 2.52 bits per heavy atom. The fourth-order valence-electron chi connectivity index (χ4n) is 2.82. The molecule has 7 nitrogen and oxygen atoms in total. The van der Waals surface area contributed by atoms with Crippen molar-refractivity contribution in [2.24, 2.45) is 17.8 Å². The molecular weight excluding hydrogens is 320 g/mol. The van der Waals surface area contributed by atoms with Crippen LogP contribution in [0.2, 0.25) is 0 Å². The molecule has 0 saturated carbocycles. The van der Waals surface area contributed by atoms with E-state index in [0.29, 0.717) is 31.7 Å². The summed E-state index contributed by atoms with van der Waals surface area (Å²) in [5.41, 5.74) is 0. The van der Waals surface area contributed by atoms with Crippen molar-refractivity contribution in [2.75, 3.05) is 33.0 Å². The van der Waals surface area contributed by atoms with E-state index in [1.54, 1.807) is 0 Å². The topological polar surface area (TPSA) is 92.8 Å². The highest BCUT2D eigenvalue weighted by molar-refractivity contribution is 7.88. The molecule has 1 rings (SSSR count). The van der Waals surface area contributed by atoms with Crippen LogP contribution in [-0.2, 0) is 24.3 Å². The lowest BCUT2D eigenvalue weighted by molar-refractivity contribution is -0.146. The van der Waals surface area contributed by atoms with Crippen LogP contribution in [0.3, 0.4) is 0 Å². The van der Waals surface area contributed by atoms with E-state index < -0.39 is 10.0 Å². The summed E-state index contributed by atoms with van der Waals surface area (Å²) in [6, 6.07) is 0. The first-order chi connectivity index (χ1) is 10.6. The van der Waals surface area contributed by atoms with E-state index in [4.69, 9.17) is 4.74 Å². The van der Waals surface area contributed by atoms with Gasteiger partial charge >= 0.3 is 5.97 Å². The molecule has 0 bridgehead atoms. The third-order valence-electron chi connectivity index (χ3n) is 4.04. The van der Waals surface area contributed by atoms with Gasteiger partial charge in [0.2, 0.25) is 15.9 Å². The number of piperidine rings is 1. The molecule has 0 aliphatic carbocycles. The Hall–Kier alpha value is -1.15. The van der Waals surface area contributed by atoms with Gasteiger partial charge in [0.25, 0.3) is 0 Å². The molecule has 134 valence electrons. The standard InChI is InChI=1S/C15H28N2O5S/c1-11(2)8-13(15(19)22-3)9-16-14(18)12-6-5-7-17(10-12)23(4,20)21/h11-13H,5-10H2,1-4H3,(H,16,18)/t12-,13-/m1/s1. The molecule has 1 N–H and O–H groups in total. The van der Waals surface area contributed by atoms with E-state index in [1.807, 2.05) is 13.8 Å². The predicted octanol–water partition coefficient (Wildman–Crippen LogP) is 0.610. The number of rotatable bonds is 7. The van der Waals surface area contributed by atoms with Gasteiger partial charge in [-0.2, -0.15) is 0 Å². The highest BCUT2D eigenvalue weighted by atomic mass is 32.2. The summed E-state index contributed by atoms with van der Waals surface area (Å²) < 4.78 is 29.3. The fraction of sp³-hybridized carbons (Fsp3) is 0.867. The molecule has 1 aliphatic rings. The Balaban J connectivity index is 2.58. The maximum Gasteiger partial charge on any atom is 0.310 e. The number of methoxy groups -OCH3 is 1. The third-order valence-corrected chi connectivity index (χ3v) is 5.31. The smallest absolute Gasteiger partial charge is 0.310 e. The summed E-state index contributed by atoms with van der Waals surface area (Å²) >= 11 is 0. The molecule has 1 heterocycles. The number of sulfonamides is 1. The maximum atomic E-state index is 12.3. The second kappa shape index (κ2) is 8.63. The summed E-state index contributed by atoms with van der Waals surface area (Å²) in [4.78, 5) is 24.0. The van der Waals surface area contributed by atoms with Crippen molar-refractivity contribution < 1.29 is 22.7 Å². The molecule has 2 atom stereocenters. The van der Waals surface area contributed by atoms with Gasteiger partial charge in [-0.1, -0.05) is 13.8 Å². The first-order valence-electron chi connectivity index (χ1n) is 7.95. The van der Waals surface area contributed by atoms with Gasteiger partial charge in [-0.25, -0.2) is 12.7 Å². The van der Waals surface area contributed by atoms with Crippen LogP contribution in [0.15, 0.2) is 0 Å². The number of hydrogen-bond donors (Lipinski definition) is 1. The third kappa shape index (κ3) is 6.47. The Kier molecular flexibility index (Phi) is 7.47. The SMILES string of the molecule is COC(=O)[C@@H](CNC(=O)[C@@H]1CCCN(S(C)(=O)=O)C1)CC(C)C. The zero-order valence-electron chi connectivity index (χ0n) is 14.4. The number of ether oxygens (including phenoxy) is 1. The van der Waals surface area contributed by atoms with Crippen LogP contribution < -0.4 is 5.32 Å². The Morgan fingerprint density at radius 2 is 2.00 bits per heavy atom. The maximum absolute atomic E-state index is 12.3. The summed E-state index contributed by atoms with van der Waals surface area (Å²) in [6.07, 6.45) is 3.11. The molecule has 0 spiro atoms. The molecule has 0 aromatic heterocycles. The van der Waals surface area contributed by atoms with E-state index in [2.05, 4.69) is 5.32 Å². The molecule has 0 radical (unpaired) electrons. The Bertz CT molecular complexity index is 518. The highest BCUT2D eigenvalue weighted by Crippen LogP contribution is 2.19. The van der Waals surface area contributed by atoms with E-state index in [-0.39, 0.29) is 36.8 Å². The molecule has 1 aliphatic heterocycles. The van der Waals surface area contributed by atoms with Crippen LogP contribution in [0.25, 0.3) is 0 Å². The zero-order chi connectivity index (χ0) is 17.6. The first kappa shape index (κ1) is 19.9. The van der Waals surface area contributed by atoms with Gasteiger partial charge in [0, 0.05) is 19.6 Å². The predicted molar refractivity (Wildman–Crippen MR) is 87.1 cm³/mol. The van der Waals surface area contributed by atoms with Crippen LogP contribution in [0, 0.1) is 17.8 Å². The number of esters is 1. The van der Waals surface area contributed by atoms with Gasteiger partial charge in [0.05, 0.1) is 25.2 Å². The average Bonchev–Trinajstić information content (AvgIpc) is 2.49. The Morgan fingerprint density at radius 1 is 1.35 bits per heavy atom. The Labute approximate surface area is 138 Å². The van der Waals surface area contributed by atoms with Gasteiger partial charge in [0.15, 0.2) is 0 Å².